The minimum absolute atomic E-state index is 0.372. The second-order valence-electron chi connectivity index (χ2n) is 6.08. The van der Waals surface area contributed by atoms with Crippen LogP contribution in [0.2, 0.25) is 0 Å². The molecular weight excluding hydrogens is 338 g/mol. The maximum absolute atomic E-state index is 12.9. The molecule has 0 fully saturated rings. The summed E-state index contributed by atoms with van der Waals surface area (Å²) in [6, 6.07) is 15.2. The molecule has 1 unspecified atom stereocenters. The van der Waals surface area contributed by atoms with Gasteiger partial charge >= 0.3 is 0 Å². The predicted octanol–water partition coefficient (Wildman–Crippen LogP) is 4.49. The summed E-state index contributed by atoms with van der Waals surface area (Å²) in [4.78, 5) is 0.372. The van der Waals surface area contributed by atoms with Crippen molar-refractivity contribution in [3.05, 3.63) is 70.4 Å². The third-order valence-corrected chi connectivity index (χ3v) is 7.06. The molecule has 3 nitrogen and oxygen atoms in total. The number of fused-ring (bicyclic) bond motifs is 1. The lowest BCUT2D eigenvalue weighted by molar-refractivity contribution is 0.586. The van der Waals surface area contributed by atoms with E-state index in [0.29, 0.717) is 11.3 Å². The Hall–Kier alpha value is -2.11. The van der Waals surface area contributed by atoms with Gasteiger partial charge in [0.25, 0.3) is 0 Å². The van der Waals surface area contributed by atoms with Crippen molar-refractivity contribution in [3.63, 3.8) is 0 Å². The summed E-state index contributed by atoms with van der Waals surface area (Å²) in [5.41, 5.74) is 5.29. The number of anilines is 1. The molecule has 1 atom stereocenters. The van der Waals surface area contributed by atoms with Crippen molar-refractivity contribution >= 4 is 26.9 Å². The smallest absolute Gasteiger partial charge is 0.199 e. The van der Waals surface area contributed by atoms with Gasteiger partial charge < -0.3 is 5.32 Å². The van der Waals surface area contributed by atoms with E-state index in [9.17, 15) is 8.42 Å². The molecule has 1 N–H and O–H groups in total. The van der Waals surface area contributed by atoms with E-state index < -0.39 is 15.2 Å². The number of hydrogen-bond donors (Lipinski definition) is 1. The first-order valence-electron chi connectivity index (χ1n) is 7.77. The second-order valence-corrected chi connectivity index (χ2v) is 8.99. The van der Waals surface area contributed by atoms with Gasteiger partial charge in [-0.15, -0.1) is 0 Å². The summed E-state index contributed by atoms with van der Waals surface area (Å²) in [5, 5.41) is 6.74. The highest BCUT2D eigenvalue weighted by Crippen LogP contribution is 2.34. The van der Waals surface area contributed by atoms with Crippen molar-refractivity contribution in [2.45, 2.75) is 23.6 Å². The normalized spacial score (nSPS) is 16.6. The summed E-state index contributed by atoms with van der Waals surface area (Å²) in [7, 11) is -3.40. The molecular formula is C19H17NO2S2. The third kappa shape index (κ3) is 2.64. The van der Waals surface area contributed by atoms with E-state index in [1.807, 2.05) is 36.6 Å². The van der Waals surface area contributed by atoms with Crippen LogP contribution in [0.4, 0.5) is 5.69 Å². The van der Waals surface area contributed by atoms with Crippen molar-refractivity contribution in [3.8, 4) is 11.1 Å². The summed E-state index contributed by atoms with van der Waals surface area (Å²) in [6.45, 7) is 1.95. The molecule has 5 heteroatoms. The van der Waals surface area contributed by atoms with Crippen molar-refractivity contribution in [1.29, 1.82) is 0 Å². The minimum Gasteiger partial charge on any atom is -0.368 e. The fraction of sp³-hybridized carbons (Fsp3) is 0.158. The number of rotatable bonds is 3. The number of nitrogens with one attached hydrogen (secondary N) is 1. The number of aryl methyl sites for hydroxylation is 1. The fourth-order valence-electron chi connectivity index (χ4n) is 3.00. The Balaban J connectivity index is 1.64. The van der Waals surface area contributed by atoms with E-state index in [1.54, 1.807) is 23.5 Å². The van der Waals surface area contributed by atoms with Crippen LogP contribution < -0.4 is 5.32 Å². The highest BCUT2D eigenvalue weighted by Gasteiger charge is 2.33. The molecule has 24 heavy (non-hydrogen) atoms. The van der Waals surface area contributed by atoms with Gasteiger partial charge in [0, 0.05) is 12.1 Å². The molecule has 1 aliphatic rings. The molecule has 2 aromatic carbocycles. The Kier molecular flexibility index (Phi) is 3.70. The van der Waals surface area contributed by atoms with E-state index in [0.717, 1.165) is 27.9 Å². The van der Waals surface area contributed by atoms with Gasteiger partial charge in [0.05, 0.1) is 4.90 Å². The largest absolute Gasteiger partial charge is 0.368 e. The van der Waals surface area contributed by atoms with Gasteiger partial charge in [0.15, 0.2) is 9.84 Å². The molecule has 2 heterocycles. The van der Waals surface area contributed by atoms with E-state index in [2.05, 4.69) is 22.8 Å². The molecule has 4 rings (SSSR count). The van der Waals surface area contributed by atoms with Crippen molar-refractivity contribution in [1.82, 2.24) is 0 Å². The topological polar surface area (TPSA) is 46.2 Å². The lowest BCUT2D eigenvalue weighted by atomic mass is 10.1. The SMILES string of the molecule is Cc1ccc(S(=O)(=O)C2Cc3ccc(-c4ccsc4)cc3N2)cc1. The zero-order chi connectivity index (χ0) is 16.7. The van der Waals surface area contributed by atoms with Gasteiger partial charge in [-0.05, 0) is 58.6 Å². The number of thiophene rings is 1. The molecule has 0 amide bonds. The summed E-state index contributed by atoms with van der Waals surface area (Å²) < 4.78 is 25.7. The van der Waals surface area contributed by atoms with Gasteiger partial charge in [-0.2, -0.15) is 11.3 Å². The molecule has 0 aliphatic carbocycles. The maximum atomic E-state index is 12.9. The zero-order valence-corrected chi connectivity index (χ0v) is 14.8. The predicted molar refractivity (Wildman–Crippen MR) is 99.2 cm³/mol. The van der Waals surface area contributed by atoms with Crippen LogP contribution in [0.3, 0.4) is 0 Å². The first kappa shape index (κ1) is 15.4. The number of benzene rings is 2. The Labute approximate surface area is 145 Å². The standard InChI is InChI=1S/C19H17NO2S2/c1-13-2-6-17(7-3-13)24(21,22)19-11-15-5-4-14(10-18(15)20-19)16-8-9-23-12-16/h2-10,12,19-20H,11H2,1H3. The van der Waals surface area contributed by atoms with E-state index in [1.165, 1.54) is 0 Å². The molecule has 0 saturated carbocycles. The summed E-state index contributed by atoms with van der Waals surface area (Å²) in [5.74, 6) is 0. The van der Waals surface area contributed by atoms with Gasteiger partial charge in [0.2, 0.25) is 0 Å². The molecule has 0 radical (unpaired) electrons. The molecule has 3 aromatic rings. The zero-order valence-electron chi connectivity index (χ0n) is 13.2. The third-order valence-electron chi connectivity index (χ3n) is 4.41. The fourth-order valence-corrected chi connectivity index (χ4v) is 5.19. The first-order valence-corrected chi connectivity index (χ1v) is 10.3. The van der Waals surface area contributed by atoms with Crippen LogP contribution in [0.15, 0.2) is 64.2 Å². The summed E-state index contributed by atoms with van der Waals surface area (Å²) in [6.07, 6.45) is 0.495. The molecule has 0 spiro atoms. The second kappa shape index (κ2) is 5.76. The van der Waals surface area contributed by atoms with Crippen LogP contribution in [0.1, 0.15) is 11.1 Å². The molecule has 122 valence electrons. The average Bonchev–Trinajstić information content (AvgIpc) is 3.24. The van der Waals surface area contributed by atoms with E-state index >= 15 is 0 Å². The molecule has 0 saturated heterocycles. The lowest BCUT2D eigenvalue weighted by Gasteiger charge is -2.13. The number of hydrogen-bond acceptors (Lipinski definition) is 4. The Morgan fingerprint density at radius 3 is 2.54 bits per heavy atom. The Morgan fingerprint density at radius 2 is 1.83 bits per heavy atom. The van der Waals surface area contributed by atoms with Crippen LogP contribution in [-0.4, -0.2) is 13.8 Å². The Morgan fingerprint density at radius 1 is 1.04 bits per heavy atom. The van der Waals surface area contributed by atoms with Crippen molar-refractivity contribution < 1.29 is 8.42 Å². The van der Waals surface area contributed by atoms with Crippen LogP contribution >= 0.6 is 11.3 Å². The van der Waals surface area contributed by atoms with Crippen LogP contribution in [-0.2, 0) is 16.3 Å². The summed E-state index contributed by atoms with van der Waals surface area (Å²) >= 11 is 1.65. The van der Waals surface area contributed by atoms with Crippen molar-refractivity contribution in [2.75, 3.05) is 5.32 Å². The van der Waals surface area contributed by atoms with Crippen LogP contribution in [0.25, 0.3) is 11.1 Å². The highest BCUT2D eigenvalue weighted by molar-refractivity contribution is 7.92. The van der Waals surface area contributed by atoms with E-state index in [4.69, 9.17) is 0 Å². The maximum Gasteiger partial charge on any atom is 0.199 e. The van der Waals surface area contributed by atoms with Gasteiger partial charge in [0.1, 0.15) is 5.37 Å². The monoisotopic (exact) mass is 355 g/mol. The quantitative estimate of drug-likeness (QED) is 0.753. The highest BCUT2D eigenvalue weighted by atomic mass is 32.2. The molecule has 1 aromatic heterocycles. The van der Waals surface area contributed by atoms with Crippen LogP contribution in [0.5, 0.6) is 0 Å². The average molecular weight is 355 g/mol. The minimum atomic E-state index is -3.40. The first-order chi connectivity index (χ1) is 11.5. The number of sulfone groups is 1. The molecule has 0 bridgehead atoms. The Bertz CT molecular complexity index is 975. The van der Waals surface area contributed by atoms with E-state index in [-0.39, 0.29) is 0 Å². The molecule has 1 aliphatic heterocycles. The van der Waals surface area contributed by atoms with Gasteiger partial charge in [-0.25, -0.2) is 8.42 Å². The van der Waals surface area contributed by atoms with Gasteiger partial charge in [-0.3, -0.25) is 0 Å². The van der Waals surface area contributed by atoms with Crippen LogP contribution in [0, 0.1) is 6.92 Å². The van der Waals surface area contributed by atoms with Crippen molar-refractivity contribution in [2.24, 2.45) is 0 Å². The van der Waals surface area contributed by atoms with Gasteiger partial charge in [-0.1, -0.05) is 29.8 Å². The lowest BCUT2D eigenvalue weighted by Crippen LogP contribution is -2.27.